The predicted molar refractivity (Wildman–Crippen MR) is 189 cm³/mol. The maximum Gasteiger partial charge on any atom is 0.376 e. The van der Waals surface area contributed by atoms with Crippen molar-refractivity contribution in [2.24, 2.45) is 5.92 Å². The van der Waals surface area contributed by atoms with Gasteiger partial charge in [-0.1, -0.05) is 25.1 Å². The minimum absolute atomic E-state index is 0.0211. The summed E-state index contributed by atoms with van der Waals surface area (Å²) < 4.78 is 47.2. The van der Waals surface area contributed by atoms with Crippen LogP contribution in [0.25, 0.3) is 28.1 Å². The number of ketones is 2. The number of anilines is 1. The van der Waals surface area contributed by atoms with E-state index in [1.165, 1.54) is 62.5 Å². The summed E-state index contributed by atoms with van der Waals surface area (Å²) in [5.74, 6) is -6.28. The number of aliphatic hydroxyl groups excluding tert-OH is 1. The Kier molecular flexibility index (Phi) is 10.9. The molecule has 1 unspecified atom stereocenters. The van der Waals surface area contributed by atoms with Gasteiger partial charge in [-0.15, -0.1) is 0 Å². The molecule has 1 saturated carbocycles. The summed E-state index contributed by atoms with van der Waals surface area (Å²) in [5, 5.41) is 24.6. The van der Waals surface area contributed by atoms with E-state index in [9.17, 15) is 41.9 Å². The number of carboxylic acids is 1. The highest BCUT2D eigenvalue weighted by molar-refractivity contribution is 7.92. The Morgan fingerprint density at radius 1 is 1.04 bits per heavy atom. The van der Waals surface area contributed by atoms with Crippen LogP contribution in [0.3, 0.4) is 0 Å². The maximum atomic E-state index is 13.7. The first-order valence-corrected chi connectivity index (χ1v) is 18.0. The van der Waals surface area contributed by atoms with Gasteiger partial charge in [0, 0.05) is 54.6 Å². The van der Waals surface area contributed by atoms with E-state index in [-0.39, 0.29) is 47.0 Å². The molecule has 272 valence electrons. The second kappa shape index (κ2) is 15.2. The van der Waals surface area contributed by atoms with Crippen LogP contribution in [0.15, 0.2) is 71.2 Å². The van der Waals surface area contributed by atoms with Crippen LogP contribution in [0.2, 0.25) is 0 Å². The lowest BCUT2D eigenvalue weighted by Crippen LogP contribution is -2.37. The van der Waals surface area contributed by atoms with Gasteiger partial charge in [0.2, 0.25) is 15.9 Å². The Labute approximate surface area is 298 Å². The largest absolute Gasteiger partial charge is 0.507 e. The molecule has 0 saturated heterocycles. The van der Waals surface area contributed by atoms with E-state index in [1.54, 1.807) is 12.1 Å². The smallest absolute Gasteiger partial charge is 0.376 e. The fourth-order valence-electron chi connectivity index (χ4n) is 5.75. The SMILES string of the molecule is CNC(=O)c1c(-c2ccc(F)cc2)oc2cc(N(CC(=O)CC(C)C(=O)NCc3cccc(C(O)=CC(=O)C(=O)O)c3)S(C)(=O)=O)c(C3CC3)cc12. The van der Waals surface area contributed by atoms with Crippen LogP contribution in [-0.2, 0) is 35.7 Å². The second-order valence-electron chi connectivity index (χ2n) is 12.6. The summed E-state index contributed by atoms with van der Waals surface area (Å²) in [5.41, 5.74) is 2.32. The molecule has 0 radical (unpaired) electrons. The molecule has 13 nitrogen and oxygen atoms in total. The van der Waals surface area contributed by atoms with Crippen molar-refractivity contribution in [2.45, 2.75) is 38.6 Å². The molecule has 0 aliphatic heterocycles. The number of hydrogen-bond acceptors (Lipinski definition) is 9. The minimum atomic E-state index is -4.05. The van der Waals surface area contributed by atoms with Crippen molar-refractivity contribution < 1.29 is 51.4 Å². The van der Waals surface area contributed by atoms with Crippen LogP contribution in [0.1, 0.15) is 59.2 Å². The third-order valence-electron chi connectivity index (χ3n) is 8.55. The van der Waals surface area contributed by atoms with Gasteiger partial charge in [-0.2, -0.15) is 0 Å². The van der Waals surface area contributed by atoms with Crippen molar-refractivity contribution in [3.05, 3.63) is 94.8 Å². The van der Waals surface area contributed by atoms with Gasteiger partial charge in [0.25, 0.3) is 11.7 Å². The number of Topliss-reactive ketones (excluding diaryl/α,β-unsaturated/α-hetero) is 1. The quantitative estimate of drug-likeness (QED) is 0.0754. The molecule has 4 aromatic rings. The summed E-state index contributed by atoms with van der Waals surface area (Å²) in [6, 6.07) is 14.7. The first kappa shape index (κ1) is 37.4. The average Bonchev–Trinajstić information content (AvgIpc) is 3.88. The molecule has 1 aliphatic rings. The van der Waals surface area contributed by atoms with Crippen molar-refractivity contribution in [3.63, 3.8) is 0 Å². The lowest BCUT2D eigenvalue weighted by atomic mass is 10.00. The number of halogens is 1. The standard InChI is InChI=1S/C37H36FN3O10S/c1-20(35(45)40-18-21-5-4-6-24(14-21)30(43)17-31(44)37(47)48)13-26(42)19-41(52(3,49)50)29-16-32-28(15-27(29)22-7-8-22)33(36(46)39-2)34(51-32)23-9-11-25(38)12-10-23/h4-6,9-12,14-17,20,22,43H,7-8,13,18-19H2,1-3H3,(H,39,46)(H,40,45)(H,47,48). The number of carbonyl (C=O) groups is 5. The van der Waals surface area contributed by atoms with Crippen LogP contribution in [0.4, 0.5) is 10.1 Å². The molecular weight excluding hydrogens is 697 g/mol. The first-order valence-electron chi connectivity index (χ1n) is 16.2. The molecule has 1 aliphatic carbocycles. The molecule has 1 fully saturated rings. The number of sulfonamides is 1. The summed E-state index contributed by atoms with van der Waals surface area (Å²) in [7, 11) is -2.59. The Morgan fingerprint density at radius 3 is 2.35 bits per heavy atom. The van der Waals surface area contributed by atoms with Crippen molar-refractivity contribution in [1.82, 2.24) is 10.6 Å². The normalized spacial score (nSPS) is 13.7. The number of fused-ring (bicyclic) bond motifs is 1. The Hall–Kier alpha value is -5.83. The monoisotopic (exact) mass is 733 g/mol. The van der Waals surface area contributed by atoms with Crippen LogP contribution in [0.5, 0.6) is 0 Å². The number of carbonyl (C=O) groups excluding carboxylic acids is 4. The third kappa shape index (κ3) is 8.54. The molecule has 3 aromatic carbocycles. The summed E-state index contributed by atoms with van der Waals surface area (Å²) in [6.45, 7) is 0.924. The minimum Gasteiger partial charge on any atom is -0.507 e. The third-order valence-corrected chi connectivity index (χ3v) is 9.68. The Balaban J connectivity index is 1.36. The van der Waals surface area contributed by atoms with Crippen molar-refractivity contribution in [1.29, 1.82) is 0 Å². The second-order valence-corrected chi connectivity index (χ2v) is 14.5. The molecule has 15 heteroatoms. The molecule has 0 bridgehead atoms. The fraction of sp³-hybridized carbons (Fsp3) is 0.270. The number of furan rings is 1. The number of aliphatic hydroxyl groups is 1. The van der Waals surface area contributed by atoms with E-state index >= 15 is 0 Å². The van der Waals surface area contributed by atoms with Crippen LogP contribution in [-0.4, -0.2) is 67.8 Å². The molecule has 2 amide bonds. The van der Waals surface area contributed by atoms with Gasteiger partial charge in [-0.25, -0.2) is 17.6 Å². The van der Waals surface area contributed by atoms with E-state index in [0.717, 1.165) is 23.4 Å². The van der Waals surface area contributed by atoms with E-state index in [4.69, 9.17) is 9.52 Å². The fourth-order valence-corrected chi connectivity index (χ4v) is 6.65. The summed E-state index contributed by atoms with van der Waals surface area (Å²) in [4.78, 5) is 61.6. The number of rotatable bonds is 15. The number of aliphatic carboxylic acids is 1. The average molecular weight is 734 g/mol. The Bertz CT molecular complexity index is 2220. The zero-order valence-electron chi connectivity index (χ0n) is 28.4. The highest BCUT2D eigenvalue weighted by Crippen LogP contribution is 2.48. The van der Waals surface area contributed by atoms with Gasteiger partial charge < -0.3 is 25.3 Å². The van der Waals surface area contributed by atoms with Gasteiger partial charge >= 0.3 is 5.97 Å². The van der Waals surface area contributed by atoms with E-state index in [0.29, 0.717) is 28.2 Å². The molecular formula is C37H36FN3O10S. The number of nitrogens with one attached hydrogen (secondary N) is 2. The van der Waals surface area contributed by atoms with Gasteiger partial charge in [-0.3, -0.25) is 23.5 Å². The van der Waals surface area contributed by atoms with Crippen molar-refractivity contribution >= 4 is 61.8 Å². The van der Waals surface area contributed by atoms with Gasteiger partial charge in [0.15, 0.2) is 5.78 Å². The van der Waals surface area contributed by atoms with E-state index in [2.05, 4.69) is 10.6 Å². The highest BCUT2D eigenvalue weighted by Gasteiger charge is 2.34. The molecule has 1 aromatic heterocycles. The first-order chi connectivity index (χ1) is 24.6. The Morgan fingerprint density at radius 2 is 1.73 bits per heavy atom. The van der Waals surface area contributed by atoms with Crippen molar-refractivity contribution in [2.75, 3.05) is 24.2 Å². The molecule has 1 atom stereocenters. The molecule has 4 N–H and O–H groups in total. The lowest BCUT2D eigenvalue weighted by Gasteiger charge is -2.25. The molecule has 5 rings (SSSR count). The highest BCUT2D eigenvalue weighted by atomic mass is 32.2. The number of hydrogen-bond donors (Lipinski definition) is 4. The lowest BCUT2D eigenvalue weighted by molar-refractivity contribution is -0.146. The summed E-state index contributed by atoms with van der Waals surface area (Å²) >= 11 is 0. The van der Waals surface area contributed by atoms with Gasteiger partial charge in [-0.05, 0) is 66.3 Å². The van der Waals surface area contributed by atoms with Crippen LogP contribution in [0, 0.1) is 11.7 Å². The number of carboxylic acid groups (broad SMARTS) is 1. The van der Waals surface area contributed by atoms with Gasteiger partial charge in [0.1, 0.15) is 22.9 Å². The molecule has 1 heterocycles. The number of amides is 2. The number of benzene rings is 3. The topological polar surface area (TPSA) is 200 Å². The van der Waals surface area contributed by atoms with Gasteiger partial charge in [0.05, 0.1) is 24.1 Å². The van der Waals surface area contributed by atoms with Crippen LogP contribution < -0.4 is 14.9 Å². The maximum absolute atomic E-state index is 13.7. The molecule has 0 spiro atoms. The van der Waals surface area contributed by atoms with E-state index < -0.39 is 63.4 Å². The molecule has 52 heavy (non-hydrogen) atoms. The van der Waals surface area contributed by atoms with Crippen molar-refractivity contribution in [3.8, 4) is 11.3 Å². The zero-order valence-corrected chi connectivity index (χ0v) is 29.3. The number of nitrogens with zero attached hydrogens (tertiary/aromatic N) is 1. The predicted octanol–water partition coefficient (Wildman–Crippen LogP) is 4.71. The van der Waals surface area contributed by atoms with Crippen LogP contribution >= 0.6 is 0 Å². The van der Waals surface area contributed by atoms with E-state index in [1.807, 2.05) is 0 Å². The summed E-state index contributed by atoms with van der Waals surface area (Å²) in [6.07, 6.45) is 2.77. The zero-order chi connectivity index (χ0) is 37.9.